The number of phenols is 1. The summed E-state index contributed by atoms with van der Waals surface area (Å²) in [6, 6.07) is 33.4. The molecule has 0 saturated carbocycles. The minimum Gasteiger partial charge on any atom is -0.508 e. The van der Waals surface area contributed by atoms with Crippen molar-refractivity contribution in [2.45, 2.75) is 5.41 Å². The first-order valence-corrected chi connectivity index (χ1v) is 11.0. The second-order valence-electron chi connectivity index (χ2n) is 8.56. The van der Waals surface area contributed by atoms with Crippen LogP contribution in [-0.4, -0.2) is 37.3 Å². The predicted octanol–water partition coefficient (Wildman–Crippen LogP) is 5.70. The largest absolute Gasteiger partial charge is 0.508 e. The highest BCUT2D eigenvalue weighted by Crippen LogP contribution is 2.56. The van der Waals surface area contributed by atoms with E-state index in [4.69, 9.17) is 4.74 Å². The molecule has 32 heavy (non-hydrogen) atoms. The summed E-state index contributed by atoms with van der Waals surface area (Å²) in [5, 5.41) is 9.98. The molecule has 3 heteroatoms. The number of fused-ring (bicyclic) bond motifs is 3. The summed E-state index contributed by atoms with van der Waals surface area (Å²) < 4.78 is 5.95. The van der Waals surface area contributed by atoms with Gasteiger partial charge in [0, 0.05) is 6.54 Å². The predicted molar refractivity (Wildman–Crippen MR) is 129 cm³/mol. The lowest BCUT2D eigenvalue weighted by molar-refractivity contribution is 0.261. The van der Waals surface area contributed by atoms with Crippen molar-refractivity contribution in [3.05, 3.63) is 119 Å². The van der Waals surface area contributed by atoms with Gasteiger partial charge in [0.15, 0.2) is 0 Å². The number of nitrogens with zero attached hydrogens (tertiary/aromatic N) is 1. The van der Waals surface area contributed by atoms with Crippen LogP contribution in [-0.2, 0) is 5.41 Å². The van der Waals surface area contributed by atoms with E-state index < -0.39 is 5.41 Å². The first-order chi connectivity index (χ1) is 15.6. The molecule has 0 radical (unpaired) electrons. The molecule has 160 valence electrons. The number of ether oxygens (including phenoxy) is 1. The summed E-state index contributed by atoms with van der Waals surface area (Å²) in [7, 11) is 4.09. The van der Waals surface area contributed by atoms with E-state index in [1.54, 1.807) is 12.1 Å². The SMILES string of the molecule is CN(C)CCOc1ccc(C2(c3ccc(O)cc3)c3ccccc3-c3ccccc32)cc1. The quantitative estimate of drug-likeness (QED) is 0.382. The molecule has 0 fully saturated rings. The lowest BCUT2D eigenvalue weighted by atomic mass is 9.68. The number of rotatable bonds is 6. The van der Waals surface area contributed by atoms with Crippen LogP contribution >= 0.6 is 0 Å². The van der Waals surface area contributed by atoms with Crippen LogP contribution in [0.5, 0.6) is 11.5 Å². The Morgan fingerprint density at radius 3 is 1.72 bits per heavy atom. The Kier molecular flexibility index (Phi) is 5.20. The van der Waals surface area contributed by atoms with Gasteiger partial charge >= 0.3 is 0 Å². The number of phenolic OH excluding ortho intramolecular Hbond substituents is 1. The minimum absolute atomic E-state index is 0.271. The zero-order valence-corrected chi connectivity index (χ0v) is 18.5. The van der Waals surface area contributed by atoms with Crippen molar-refractivity contribution in [1.82, 2.24) is 4.90 Å². The van der Waals surface area contributed by atoms with Crippen molar-refractivity contribution in [2.75, 3.05) is 27.2 Å². The molecule has 0 aliphatic heterocycles. The van der Waals surface area contributed by atoms with Crippen molar-refractivity contribution in [2.24, 2.45) is 0 Å². The van der Waals surface area contributed by atoms with Gasteiger partial charge in [-0.05, 0) is 71.7 Å². The molecule has 0 unspecified atom stereocenters. The lowest BCUT2D eigenvalue weighted by Crippen LogP contribution is -2.28. The molecule has 0 atom stereocenters. The molecule has 3 nitrogen and oxygen atoms in total. The molecule has 0 heterocycles. The highest BCUT2D eigenvalue weighted by atomic mass is 16.5. The van der Waals surface area contributed by atoms with E-state index in [1.807, 2.05) is 26.2 Å². The summed E-state index contributed by atoms with van der Waals surface area (Å²) >= 11 is 0. The second kappa shape index (κ2) is 8.18. The first kappa shape index (κ1) is 20.3. The Morgan fingerprint density at radius 2 is 1.19 bits per heavy atom. The van der Waals surface area contributed by atoms with Crippen LogP contribution < -0.4 is 4.74 Å². The molecule has 1 N–H and O–H groups in total. The minimum atomic E-state index is -0.455. The first-order valence-electron chi connectivity index (χ1n) is 11.0. The van der Waals surface area contributed by atoms with Gasteiger partial charge in [-0.3, -0.25) is 0 Å². The van der Waals surface area contributed by atoms with Crippen LogP contribution in [0.25, 0.3) is 11.1 Å². The van der Waals surface area contributed by atoms with Gasteiger partial charge in [0.05, 0.1) is 5.41 Å². The van der Waals surface area contributed by atoms with Crippen LogP contribution in [0.15, 0.2) is 97.1 Å². The van der Waals surface area contributed by atoms with Gasteiger partial charge in [-0.1, -0.05) is 72.8 Å². The number of hydrogen-bond donors (Lipinski definition) is 1. The molecule has 4 aromatic rings. The van der Waals surface area contributed by atoms with E-state index in [-0.39, 0.29) is 5.75 Å². The summed E-state index contributed by atoms with van der Waals surface area (Å²) in [6.45, 7) is 1.53. The van der Waals surface area contributed by atoms with Gasteiger partial charge in [-0.25, -0.2) is 0 Å². The number of hydrogen-bond acceptors (Lipinski definition) is 3. The van der Waals surface area contributed by atoms with Crippen LogP contribution in [0.2, 0.25) is 0 Å². The summed E-state index contributed by atoms with van der Waals surface area (Å²) in [6.07, 6.45) is 0. The normalized spacial score (nSPS) is 13.6. The van der Waals surface area contributed by atoms with Gasteiger partial charge in [-0.2, -0.15) is 0 Å². The maximum atomic E-state index is 9.98. The van der Waals surface area contributed by atoms with Crippen molar-refractivity contribution >= 4 is 0 Å². The molecular formula is C29H27NO2. The van der Waals surface area contributed by atoms with Crippen molar-refractivity contribution in [1.29, 1.82) is 0 Å². The Morgan fingerprint density at radius 1 is 0.688 bits per heavy atom. The van der Waals surface area contributed by atoms with Crippen LogP contribution in [0.3, 0.4) is 0 Å². The van der Waals surface area contributed by atoms with E-state index in [9.17, 15) is 5.11 Å². The third-order valence-electron chi connectivity index (χ3n) is 6.35. The third-order valence-corrected chi connectivity index (χ3v) is 6.35. The zero-order valence-electron chi connectivity index (χ0n) is 18.5. The number of aromatic hydroxyl groups is 1. The fourth-order valence-electron chi connectivity index (χ4n) is 4.88. The van der Waals surface area contributed by atoms with E-state index in [0.29, 0.717) is 6.61 Å². The molecular weight excluding hydrogens is 394 g/mol. The molecule has 0 aromatic heterocycles. The monoisotopic (exact) mass is 421 g/mol. The van der Waals surface area contributed by atoms with Crippen LogP contribution in [0.1, 0.15) is 22.3 Å². The van der Waals surface area contributed by atoms with E-state index >= 15 is 0 Å². The summed E-state index contributed by atoms with van der Waals surface area (Å²) in [5.41, 5.74) is 6.88. The highest BCUT2D eigenvalue weighted by molar-refractivity contribution is 5.86. The van der Waals surface area contributed by atoms with Crippen LogP contribution in [0, 0.1) is 0 Å². The van der Waals surface area contributed by atoms with Gasteiger partial charge in [0.25, 0.3) is 0 Å². The fraction of sp³-hybridized carbons (Fsp3) is 0.172. The van der Waals surface area contributed by atoms with Crippen molar-refractivity contribution in [3.8, 4) is 22.6 Å². The highest BCUT2D eigenvalue weighted by Gasteiger charge is 2.45. The molecule has 0 amide bonds. The number of benzene rings is 4. The van der Waals surface area contributed by atoms with Crippen molar-refractivity contribution < 1.29 is 9.84 Å². The zero-order chi connectivity index (χ0) is 22.1. The van der Waals surface area contributed by atoms with E-state index in [0.717, 1.165) is 17.9 Å². The molecule has 0 spiro atoms. The van der Waals surface area contributed by atoms with Crippen molar-refractivity contribution in [3.63, 3.8) is 0 Å². The second-order valence-corrected chi connectivity index (χ2v) is 8.56. The smallest absolute Gasteiger partial charge is 0.119 e. The van der Waals surface area contributed by atoms with Gasteiger partial charge in [0.2, 0.25) is 0 Å². The molecule has 4 aromatic carbocycles. The van der Waals surface area contributed by atoms with E-state index in [1.165, 1.54) is 27.8 Å². The maximum Gasteiger partial charge on any atom is 0.119 e. The Labute approximate surface area is 189 Å². The molecule has 0 saturated heterocycles. The number of likely N-dealkylation sites (N-methyl/N-ethyl adjacent to an activating group) is 1. The Bertz CT molecular complexity index is 1180. The third kappa shape index (κ3) is 3.26. The standard InChI is InChI=1S/C29H27NO2/c1-30(2)19-20-32-24-17-13-22(14-18-24)29(21-11-15-23(31)16-12-21)27-9-5-3-7-25(27)26-8-4-6-10-28(26)29/h3-18,31H,19-20H2,1-2H3. The maximum absolute atomic E-state index is 9.98. The molecule has 5 rings (SSSR count). The van der Waals surface area contributed by atoms with Crippen LogP contribution in [0.4, 0.5) is 0 Å². The molecule has 1 aliphatic carbocycles. The lowest BCUT2D eigenvalue weighted by Gasteiger charge is -2.34. The van der Waals surface area contributed by atoms with Gasteiger partial charge in [-0.15, -0.1) is 0 Å². The summed E-state index contributed by atoms with van der Waals surface area (Å²) in [4.78, 5) is 2.11. The average Bonchev–Trinajstić information content (AvgIpc) is 3.11. The fourth-order valence-corrected chi connectivity index (χ4v) is 4.88. The van der Waals surface area contributed by atoms with Gasteiger partial charge in [0.1, 0.15) is 18.1 Å². The topological polar surface area (TPSA) is 32.7 Å². The average molecular weight is 422 g/mol. The van der Waals surface area contributed by atoms with Gasteiger partial charge < -0.3 is 14.7 Å². The summed E-state index contributed by atoms with van der Waals surface area (Å²) in [5.74, 6) is 1.14. The van der Waals surface area contributed by atoms with E-state index in [2.05, 4.69) is 77.7 Å². The Balaban J connectivity index is 1.69. The molecule has 0 bridgehead atoms. The molecule has 1 aliphatic rings. The Hall–Kier alpha value is -3.56.